The maximum absolute atomic E-state index is 12.6. The summed E-state index contributed by atoms with van der Waals surface area (Å²) < 4.78 is 1.65. The van der Waals surface area contributed by atoms with Crippen LogP contribution in [0.25, 0.3) is 0 Å². The number of aromatic nitrogens is 2. The van der Waals surface area contributed by atoms with Gasteiger partial charge >= 0.3 is 0 Å². The van der Waals surface area contributed by atoms with Gasteiger partial charge in [0.05, 0.1) is 0 Å². The molecule has 0 radical (unpaired) electrons. The minimum atomic E-state index is -0.158. The minimum absolute atomic E-state index is 0.102. The fourth-order valence-electron chi connectivity index (χ4n) is 2.30. The summed E-state index contributed by atoms with van der Waals surface area (Å²) in [6, 6.07) is 7.63. The second kappa shape index (κ2) is 5.69. The first-order valence-electron chi connectivity index (χ1n) is 6.96. The summed E-state index contributed by atoms with van der Waals surface area (Å²) in [5.74, 6) is 0.364. The van der Waals surface area contributed by atoms with Gasteiger partial charge in [0.15, 0.2) is 5.82 Å². The van der Waals surface area contributed by atoms with Crippen LogP contribution in [0.3, 0.4) is 0 Å². The third kappa shape index (κ3) is 3.31. The Hall–Kier alpha value is -2.14. The van der Waals surface area contributed by atoms with Crippen LogP contribution in [0.2, 0.25) is 0 Å². The Morgan fingerprint density at radius 3 is 2.62 bits per heavy atom. The van der Waals surface area contributed by atoms with Gasteiger partial charge < -0.3 is 11.1 Å². The molecule has 21 heavy (non-hydrogen) atoms. The van der Waals surface area contributed by atoms with Crippen LogP contribution in [0.1, 0.15) is 42.3 Å². The summed E-state index contributed by atoms with van der Waals surface area (Å²) in [7, 11) is 1.80. The normalized spacial score (nSPS) is 11.5. The quantitative estimate of drug-likeness (QED) is 0.910. The van der Waals surface area contributed by atoms with Crippen molar-refractivity contribution >= 4 is 11.7 Å². The molecule has 0 saturated carbocycles. The zero-order valence-electron chi connectivity index (χ0n) is 13.0. The zero-order valence-corrected chi connectivity index (χ0v) is 13.0. The van der Waals surface area contributed by atoms with Crippen LogP contribution >= 0.6 is 0 Å². The number of carbonyl (C=O) groups is 1. The van der Waals surface area contributed by atoms with Crippen molar-refractivity contribution in [2.24, 2.45) is 12.8 Å². The van der Waals surface area contributed by atoms with Crippen molar-refractivity contribution in [3.8, 4) is 0 Å². The summed E-state index contributed by atoms with van der Waals surface area (Å²) in [5.41, 5.74) is 8.06. The second-order valence-electron chi connectivity index (χ2n) is 6.13. The van der Waals surface area contributed by atoms with Gasteiger partial charge in [-0.2, -0.15) is 5.10 Å². The van der Waals surface area contributed by atoms with Gasteiger partial charge in [-0.3, -0.25) is 9.48 Å². The molecule has 112 valence electrons. The van der Waals surface area contributed by atoms with Crippen molar-refractivity contribution in [3.05, 3.63) is 47.2 Å². The van der Waals surface area contributed by atoms with E-state index in [0.29, 0.717) is 17.9 Å². The Balaban J connectivity index is 2.33. The second-order valence-corrected chi connectivity index (χ2v) is 6.13. The number of nitrogens with two attached hydrogens (primary N) is 1. The monoisotopic (exact) mass is 286 g/mol. The molecule has 1 heterocycles. The van der Waals surface area contributed by atoms with Gasteiger partial charge in [0.1, 0.15) is 0 Å². The molecule has 0 aliphatic rings. The minimum Gasteiger partial charge on any atom is -0.326 e. The fraction of sp³-hybridized carbons (Fsp3) is 0.375. The van der Waals surface area contributed by atoms with Crippen LogP contribution in [-0.2, 0) is 19.0 Å². The number of nitrogens with one attached hydrogen (secondary N) is 1. The Bertz CT molecular complexity index is 653. The Kier molecular flexibility index (Phi) is 4.14. The molecule has 0 fully saturated rings. The van der Waals surface area contributed by atoms with Crippen LogP contribution < -0.4 is 11.1 Å². The summed E-state index contributed by atoms with van der Waals surface area (Å²) in [4.78, 5) is 12.6. The van der Waals surface area contributed by atoms with E-state index in [2.05, 4.69) is 31.2 Å². The Morgan fingerprint density at radius 1 is 1.33 bits per heavy atom. The number of amides is 1. The molecule has 2 aromatic rings. The van der Waals surface area contributed by atoms with Gasteiger partial charge in [0.2, 0.25) is 0 Å². The van der Waals surface area contributed by atoms with Crippen LogP contribution in [0.15, 0.2) is 30.5 Å². The van der Waals surface area contributed by atoms with Crippen molar-refractivity contribution in [2.75, 3.05) is 5.32 Å². The largest absolute Gasteiger partial charge is 0.326 e. The number of benzene rings is 1. The molecule has 0 unspecified atom stereocenters. The molecule has 2 rings (SSSR count). The summed E-state index contributed by atoms with van der Waals surface area (Å²) in [6.45, 7) is 6.60. The Labute approximate surface area is 125 Å². The third-order valence-electron chi connectivity index (χ3n) is 3.34. The van der Waals surface area contributed by atoms with Crippen LogP contribution in [0, 0.1) is 0 Å². The third-order valence-corrected chi connectivity index (χ3v) is 3.34. The molecule has 0 atom stereocenters. The predicted molar refractivity (Wildman–Crippen MR) is 84.2 cm³/mol. The van der Waals surface area contributed by atoms with Gasteiger partial charge in [0, 0.05) is 30.9 Å². The molecule has 3 N–H and O–H groups in total. The zero-order chi connectivity index (χ0) is 15.6. The van der Waals surface area contributed by atoms with Crippen molar-refractivity contribution in [1.82, 2.24) is 9.78 Å². The summed E-state index contributed by atoms with van der Waals surface area (Å²) in [6.07, 6.45) is 1.81. The number of nitrogens with zero attached hydrogens (tertiary/aromatic N) is 2. The van der Waals surface area contributed by atoms with Crippen LogP contribution in [0.4, 0.5) is 5.82 Å². The molecule has 0 aliphatic heterocycles. The molecular formula is C16H22N4O. The number of hydrogen-bond donors (Lipinski definition) is 2. The summed E-state index contributed by atoms with van der Waals surface area (Å²) >= 11 is 0. The van der Waals surface area contributed by atoms with Crippen molar-refractivity contribution in [2.45, 2.75) is 32.7 Å². The van der Waals surface area contributed by atoms with E-state index >= 15 is 0 Å². The molecule has 1 amide bonds. The van der Waals surface area contributed by atoms with Gasteiger partial charge in [-0.1, -0.05) is 39.0 Å². The molecule has 1 aromatic heterocycles. The van der Waals surface area contributed by atoms with E-state index < -0.39 is 0 Å². The van der Waals surface area contributed by atoms with E-state index in [1.54, 1.807) is 11.7 Å². The first-order chi connectivity index (χ1) is 9.82. The molecule has 0 spiro atoms. The average Bonchev–Trinajstić information content (AvgIpc) is 2.77. The van der Waals surface area contributed by atoms with E-state index in [1.807, 2.05) is 30.5 Å². The van der Waals surface area contributed by atoms with E-state index in [-0.39, 0.29) is 11.3 Å². The van der Waals surface area contributed by atoms with E-state index in [4.69, 9.17) is 5.73 Å². The van der Waals surface area contributed by atoms with Gasteiger partial charge in [0.25, 0.3) is 5.91 Å². The lowest BCUT2D eigenvalue weighted by Crippen LogP contribution is -2.21. The highest BCUT2D eigenvalue weighted by Crippen LogP contribution is 2.26. The number of hydrogen-bond acceptors (Lipinski definition) is 3. The highest BCUT2D eigenvalue weighted by atomic mass is 16.1. The predicted octanol–water partition coefficient (Wildman–Crippen LogP) is 2.43. The maximum Gasteiger partial charge on any atom is 0.257 e. The lowest BCUT2D eigenvalue weighted by atomic mass is 9.83. The van der Waals surface area contributed by atoms with Crippen LogP contribution in [-0.4, -0.2) is 15.7 Å². The van der Waals surface area contributed by atoms with E-state index in [9.17, 15) is 4.79 Å². The number of aryl methyl sites for hydroxylation is 1. The van der Waals surface area contributed by atoms with E-state index in [1.165, 1.54) is 0 Å². The van der Waals surface area contributed by atoms with Crippen molar-refractivity contribution < 1.29 is 4.79 Å². The van der Waals surface area contributed by atoms with E-state index in [0.717, 1.165) is 11.1 Å². The van der Waals surface area contributed by atoms with Crippen molar-refractivity contribution in [3.63, 3.8) is 0 Å². The SMILES string of the molecule is Cn1cc(CN)c(NC(=O)c2ccccc2C(C)(C)C)n1. The first kappa shape index (κ1) is 15.3. The lowest BCUT2D eigenvalue weighted by Gasteiger charge is -2.22. The molecular weight excluding hydrogens is 264 g/mol. The van der Waals surface area contributed by atoms with Gasteiger partial charge in [-0.05, 0) is 17.0 Å². The number of rotatable bonds is 3. The lowest BCUT2D eigenvalue weighted by molar-refractivity contribution is 0.102. The molecule has 0 saturated heterocycles. The molecule has 0 aliphatic carbocycles. The Morgan fingerprint density at radius 2 is 2.00 bits per heavy atom. The highest BCUT2D eigenvalue weighted by molar-refractivity contribution is 6.05. The average molecular weight is 286 g/mol. The highest BCUT2D eigenvalue weighted by Gasteiger charge is 2.22. The molecule has 5 heteroatoms. The number of anilines is 1. The fourth-order valence-corrected chi connectivity index (χ4v) is 2.30. The molecule has 5 nitrogen and oxygen atoms in total. The topological polar surface area (TPSA) is 72.9 Å². The summed E-state index contributed by atoms with van der Waals surface area (Å²) in [5, 5.41) is 7.10. The molecule has 0 bridgehead atoms. The molecule has 1 aromatic carbocycles. The van der Waals surface area contributed by atoms with Crippen LogP contribution in [0.5, 0.6) is 0 Å². The van der Waals surface area contributed by atoms with Crippen molar-refractivity contribution in [1.29, 1.82) is 0 Å². The maximum atomic E-state index is 12.6. The van der Waals surface area contributed by atoms with Gasteiger partial charge in [-0.25, -0.2) is 0 Å². The smallest absolute Gasteiger partial charge is 0.257 e. The number of carbonyl (C=O) groups excluding carboxylic acids is 1. The van der Waals surface area contributed by atoms with Gasteiger partial charge in [-0.15, -0.1) is 0 Å². The standard InChI is InChI=1S/C16H22N4O/c1-16(2,3)13-8-6-5-7-12(13)15(21)18-14-11(9-17)10-20(4)19-14/h5-8,10H,9,17H2,1-4H3,(H,18,19,21). The first-order valence-corrected chi connectivity index (χ1v) is 6.96.